The van der Waals surface area contributed by atoms with Crippen LogP contribution in [0.1, 0.15) is 78.8 Å². The van der Waals surface area contributed by atoms with Crippen molar-refractivity contribution in [2.24, 2.45) is 0 Å². The molecular formula is C33H44BrFN8O4. The highest BCUT2D eigenvalue weighted by molar-refractivity contribution is 9.10. The van der Waals surface area contributed by atoms with Gasteiger partial charge in [0.2, 0.25) is 0 Å². The third-order valence-corrected chi connectivity index (χ3v) is 9.38. The highest BCUT2D eigenvalue weighted by Gasteiger charge is 2.39. The second kappa shape index (κ2) is 13.1. The molecule has 2 aromatic heterocycles. The number of nitrogens with zero attached hydrogens (tertiary/aromatic N) is 8. The van der Waals surface area contributed by atoms with Gasteiger partial charge in [-0.3, -0.25) is 4.79 Å². The monoisotopic (exact) mass is 714 g/mol. The van der Waals surface area contributed by atoms with E-state index in [-0.39, 0.29) is 28.9 Å². The first-order valence-electron chi connectivity index (χ1n) is 16.0. The van der Waals surface area contributed by atoms with Gasteiger partial charge in [-0.2, -0.15) is 5.26 Å². The number of likely N-dealkylation sites (tertiary alicyclic amines) is 1. The third-order valence-electron chi connectivity index (χ3n) is 8.52. The summed E-state index contributed by atoms with van der Waals surface area (Å²) in [4.78, 5) is 37.0. The van der Waals surface area contributed by atoms with E-state index < -0.39 is 35.1 Å². The van der Waals surface area contributed by atoms with Crippen LogP contribution in [-0.2, 0) is 20.7 Å². The predicted octanol–water partition coefficient (Wildman–Crippen LogP) is 5.76. The van der Waals surface area contributed by atoms with Crippen LogP contribution in [0, 0.1) is 17.1 Å². The molecule has 0 aliphatic carbocycles. The Kier molecular flexibility index (Phi) is 9.72. The van der Waals surface area contributed by atoms with E-state index in [1.54, 1.807) is 46.4 Å². The Morgan fingerprint density at radius 3 is 2.43 bits per heavy atom. The number of aromatic nitrogens is 4. The first-order valence-corrected chi connectivity index (χ1v) is 16.8. The summed E-state index contributed by atoms with van der Waals surface area (Å²) in [5.41, 5.74) is 0.637. The van der Waals surface area contributed by atoms with Gasteiger partial charge < -0.3 is 24.2 Å². The molecule has 0 N–H and O–H groups in total. The number of fused-ring (bicyclic) bond motifs is 3. The first-order chi connectivity index (χ1) is 22.0. The van der Waals surface area contributed by atoms with Crippen LogP contribution >= 0.6 is 15.9 Å². The zero-order valence-electron chi connectivity index (χ0n) is 28.4. The summed E-state index contributed by atoms with van der Waals surface area (Å²) in [6.07, 6.45) is 0.958. The molecule has 2 aliphatic rings. The van der Waals surface area contributed by atoms with Gasteiger partial charge in [0, 0.05) is 43.5 Å². The number of ether oxygens (including phenoxy) is 2. The van der Waals surface area contributed by atoms with Crippen LogP contribution in [0.5, 0.6) is 0 Å². The lowest BCUT2D eigenvalue weighted by molar-refractivity contribution is -0.156. The first kappa shape index (κ1) is 34.8. The number of hydrogen-bond acceptors (Lipinski definition) is 10. The van der Waals surface area contributed by atoms with Gasteiger partial charge in [-0.1, -0.05) is 5.21 Å². The Balaban J connectivity index is 1.60. The van der Waals surface area contributed by atoms with Crippen molar-refractivity contribution >= 4 is 55.7 Å². The fourth-order valence-corrected chi connectivity index (χ4v) is 6.70. The minimum atomic E-state index is -0.709. The molecule has 1 amide bonds. The number of pyridine rings is 1. The molecule has 1 unspecified atom stereocenters. The maximum absolute atomic E-state index is 16.1. The Morgan fingerprint density at radius 1 is 1.13 bits per heavy atom. The molecule has 1 aromatic carbocycles. The zero-order chi connectivity index (χ0) is 34.4. The lowest BCUT2D eigenvalue weighted by Gasteiger charge is -2.43. The topological polar surface area (TPSA) is 130 Å². The lowest BCUT2D eigenvalue weighted by atomic mass is 9.94. The predicted molar refractivity (Wildman–Crippen MR) is 180 cm³/mol. The Hall–Kier alpha value is -3.57. The SMILES string of the molecule is CN(C)C1CN(c2nc3c(F)c(Br)c(CCC#N)cc3c3c2nnn3[C@H]2CCN(C(=O)OC(C)(C)C)C(CC(=O)OC(C)(C)C)C2)C1. The number of benzene rings is 1. The smallest absolute Gasteiger partial charge is 0.410 e. The second-order valence-corrected chi connectivity index (χ2v) is 15.5. The van der Waals surface area contributed by atoms with Crippen LogP contribution in [0.4, 0.5) is 15.0 Å². The minimum Gasteiger partial charge on any atom is -0.460 e. The van der Waals surface area contributed by atoms with Crippen molar-refractivity contribution in [3.05, 3.63) is 21.9 Å². The summed E-state index contributed by atoms with van der Waals surface area (Å²) in [5.74, 6) is -0.359. The number of likely N-dealkylation sites (N-methyl/N-ethyl adjacent to an activating group) is 1. The number of amides is 1. The molecule has 0 bridgehead atoms. The molecule has 0 radical (unpaired) electrons. The minimum absolute atomic E-state index is 0.0211. The second-order valence-electron chi connectivity index (χ2n) is 14.7. The van der Waals surface area contributed by atoms with Gasteiger partial charge >= 0.3 is 12.1 Å². The summed E-state index contributed by atoms with van der Waals surface area (Å²) in [5, 5.41) is 19.0. The normalized spacial score (nSPS) is 19.3. The Labute approximate surface area is 283 Å². The van der Waals surface area contributed by atoms with Crippen LogP contribution in [-0.4, -0.2) is 98.9 Å². The van der Waals surface area contributed by atoms with Gasteiger partial charge in [-0.15, -0.1) is 5.10 Å². The van der Waals surface area contributed by atoms with E-state index in [2.05, 4.69) is 42.1 Å². The van der Waals surface area contributed by atoms with Crippen LogP contribution in [0.25, 0.3) is 21.9 Å². The van der Waals surface area contributed by atoms with E-state index in [1.165, 1.54) is 0 Å². The number of halogens is 2. The van der Waals surface area contributed by atoms with E-state index >= 15 is 4.39 Å². The molecule has 5 rings (SSSR count). The average Bonchev–Trinajstić information content (AvgIpc) is 3.37. The fraction of sp³-hybridized carbons (Fsp3) is 0.636. The molecule has 254 valence electrons. The molecule has 3 aromatic rings. The number of hydrogen-bond donors (Lipinski definition) is 0. The largest absolute Gasteiger partial charge is 0.460 e. The number of esters is 1. The number of carbonyl (C=O) groups is 2. The van der Waals surface area contributed by atoms with Crippen molar-refractivity contribution in [1.82, 2.24) is 29.8 Å². The number of rotatable bonds is 7. The molecule has 2 atom stereocenters. The van der Waals surface area contributed by atoms with Crippen LogP contribution in [0.2, 0.25) is 0 Å². The van der Waals surface area contributed by atoms with Gasteiger partial charge in [-0.05, 0) is 102 Å². The zero-order valence-corrected chi connectivity index (χ0v) is 30.0. The average molecular weight is 716 g/mol. The van der Waals surface area contributed by atoms with Gasteiger partial charge in [-0.25, -0.2) is 18.9 Å². The molecule has 0 saturated carbocycles. The molecular weight excluding hydrogens is 671 g/mol. The number of piperidine rings is 1. The maximum atomic E-state index is 16.1. The molecule has 2 saturated heterocycles. The molecule has 47 heavy (non-hydrogen) atoms. The summed E-state index contributed by atoms with van der Waals surface area (Å²) in [6, 6.07) is 3.53. The number of anilines is 1. The summed E-state index contributed by atoms with van der Waals surface area (Å²) < 4.78 is 29.6. The molecule has 14 heteroatoms. The van der Waals surface area contributed by atoms with E-state index in [1.807, 2.05) is 24.8 Å². The van der Waals surface area contributed by atoms with Crippen molar-refractivity contribution in [2.45, 2.75) is 103 Å². The van der Waals surface area contributed by atoms with E-state index in [0.29, 0.717) is 72.7 Å². The Bertz CT molecular complexity index is 1720. The van der Waals surface area contributed by atoms with Gasteiger partial charge in [0.1, 0.15) is 22.2 Å². The lowest BCUT2D eigenvalue weighted by Crippen LogP contribution is -2.57. The number of carbonyl (C=O) groups excluding carboxylic acids is 2. The highest BCUT2D eigenvalue weighted by Crippen LogP contribution is 2.40. The van der Waals surface area contributed by atoms with Crippen LogP contribution < -0.4 is 4.90 Å². The Morgan fingerprint density at radius 2 is 1.81 bits per heavy atom. The summed E-state index contributed by atoms with van der Waals surface area (Å²) >= 11 is 3.42. The fourth-order valence-electron chi connectivity index (χ4n) is 6.20. The summed E-state index contributed by atoms with van der Waals surface area (Å²) in [6.45, 7) is 12.6. The molecule has 12 nitrogen and oxygen atoms in total. The molecule has 2 aliphatic heterocycles. The van der Waals surface area contributed by atoms with Crippen molar-refractivity contribution in [1.29, 1.82) is 5.26 Å². The summed E-state index contributed by atoms with van der Waals surface area (Å²) in [7, 11) is 4.05. The molecule has 4 heterocycles. The van der Waals surface area contributed by atoms with Crippen molar-refractivity contribution in [2.75, 3.05) is 38.6 Å². The van der Waals surface area contributed by atoms with Crippen molar-refractivity contribution in [3.63, 3.8) is 0 Å². The van der Waals surface area contributed by atoms with Gasteiger partial charge in [0.25, 0.3) is 0 Å². The quantitative estimate of drug-likeness (QED) is 0.279. The van der Waals surface area contributed by atoms with Crippen LogP contribution in [0.3, 0.4) is 0 Å². The molecule has 0 spiro atoms. The standard InChI is InChI=1S/C33H44BrFN8O4/c1-32(2,3)46-24(44)16-21-15-20(11-13-42(21)31(45)47-33(4,5)6)43-29-23-14-19(10-9-12-36)25(34)26(35)27(23)37-30(28(29)38-39-43)41-17-22(18-41)40(7)8/h14,20-22H,9-11,13,15-18H2,1-8H3/t20-,21?/m0/s1. The number of nitriles is 1. The maximum Gasteiger partial charge on any atom is 0.410 e. The molecule has 2 fully saturated rings. The van der Waals surface area contributed by atoms with E-state index in [9.17, 15) is 14.9 Å². The van der Waals surface area contributed by atoms with Crippen molar-refractivity contribution in [3.8, 4) is 6.07 Å². The highest BCUT2D eigenvalue weighted by atomic mass is 79.9. The van der Waals surface area contributed by atoms with E-state index in [0.717, 1.165) is 0 Å². The van der Waals surface area contributed by atoms with Crippen LogP contribution in [0.15, 0.2) is 10.5 Å². The van der Waals surface area contributed by atoms with Gasteiger partial charge in [0.15, 0.2) is 17.2 Å². The third kappa shape index (κ3) is 7.46. The van der Waals surface area contributed by atoms with E-state index in [4.69, 9.17) is 14.5 Å². The van der Waals surface area contributed by atoms with Crippen molar-refractivity contribution < 1.29 is 23.5 Å². The number of aryl methyl sites for hydroxylation is 1. The van der Waals surface area contributed by atoms with Gasteiger partial charge in [0.05, 0.1) is 23.0 Å².